The number of alkyl halides is 6. The first-order valence-electron chi connectivity index (χ1n) is 17.5. The highest BCUT2D eigenvalue weighted by molar-refractivity contribution is 5.98. The summed E-state index contributed by atoms with van der Waals surface area (Å²) in [5.41, 5.74) is 0.140. The number of ether oxygens (including phenoxy) is 2. The summed E-state index contributed by atoms with van der Waals surface area (Å²) in [4.78, 5) is 41.8. The molecule has 0 radical (unpaired) electrons. The number of amides is 2. The number of aromatic nitrogens is 4. The molecule has 2 amide bonds. The van der Waals surface area contributed by atoms with Crippen LogP contribution in [-0.4, -0.2) is 31.8 Å². The largest absolute Gasteiger partial charge is 0.438 e. The van der Waals surface area contributed by atoms with Crippen molar-refractivity contribution in [1.29, 1.82) is 0 Å². The fourth-order valence-electron chi connectivity index (χ4n) is 6.74. The molecule has 6 aromatic rings. The maximum atomic E-state index is 14.1. The molecule has 0 spiro atoms. The Kier molecular flexibility index (Phi) is 9.75. The van der Waals surface area contributed by atoms with Gasteiger partial charge in [0.05, 0.1) is 0 Å². The maximum Gasteiger partial charge on any atom is 0.423 e. The number of anilines is 6. The van der Waals surface area contributed by atoms with Crippen molar-refractivity contribution in [2.24, 2.45) is 0 Å². The van der Waals surface area contributed by atoms with E-state index in [0.717, 1.165) is 0 Å². The van der Waals surface area contributed by atoms with Crippen LogP contribution in [-0.2, 0) is 21.9 Å². The highest BCUT2D eigenvalue weighted by Crippen LogP contribution is 2.49. The Morgan fingerprint density at radius 1 is 0.603 bits per heavy atom. The van der Waals surface area contributed by atoms with E-state index < -0.39 is 47.0 Å². The van der Waals surface area contributed by atoms with Gasteiger partial charge in [0, 0.05) is 59.8 Å². The Bertz CT molecular complexity index is 2520. The van der Waals surface area contributed by atoms with Crippen LogP contribution in [0.3, 0.4) is 0 Å². The molecule has 0 saturated carbocycles. The number of hydrogen-bond acceptors (Lipinski definition) is 10. The number of nitrogens with one attached hydrogen (secondary N) is 4. The average molecular weight is 799 g/mol. The Labute approximate surface area is 324 Å². The van der Waals surface area contributed by atoms with E-state index in [1.54, 1.807) is 72.8 Å². The highest BCUT2D eigenvalue weighted by atomic mass is 19.4. The van der Waals surface area contributed by atoms with Crippen molar-refractivity contribution >= 4 is 46.3 Å². The van der Waals surface area contributed by atoms with Crippen molar-refractivity contribution in [3.8, 4) is 23.4 Å². The third-order valence-electron chi connectivity index (χ3n) is 9.31. The van der Waals surface area contributed by atoms with Crippen LogP contribution in [0.2, 0.25) is 0 Å². The van der Waals surface area contributed by atoms with Crippen molar-refractivity contribution in [3.05, 3.63) is 132 Å². The third-order valence-corrected chi connectivity index (χ3v) is 9.31. The van der Waals surface area contributed by atoms with Gasteiger partial charge >= 0.3 is 18.4 Å². The zero-order valence-electron chi connectivity index (χ0n) is 29.7. The molecule has 58 heavy (non-hydrogen) atoms. The summed E-state index contributed by atoms with van der Waals surface area (Å²) >= 11 is 0. The van der Waals surface area contributed by atoms with Crippen LogP contribution in [0.15, 0.2) is 109 Å². The second-order valence-corrected chi connectivity index (χ2v) is 13.2. The second-order valence-electron chi connectivity index (χ2n) is 13.2. The third kappa shape index (κ3) is 8.16. The molecule has 4 N–H and O–H groups in total. The van der Waals surface area contributed by atoms with Gasteiger partial charge in [-0.25, -0.2) is 9.97 Å². The van der Waals surface area contributed by atoms with E-state index in [-0.39, 0.29) is 48.1 Å². The minimum absolute atomic E-state index is 0.0678. The molecule has 294 valence electrons. The fourth-order valence-corrected chi connectivity index (χ4v) is 6.74. The minimum Gasteiger partial charge on any atom is -0.438 e. The molecule has 0 aliphatic carbocycles. The van der Waals surface area contributed by atoms with Crippen LogP contribution < -0.4 is 30.7 Å². The molecule has 8 rings (SSSR count). The van der Waals surface area contributed by atoms with E-state index in [4.69, 9.17) is 9.47 Å². The minimum atomic E-state index is -4.83. The number of fused-ring (bicyclic) bond motifs is 2. The van der Waals surface area contributed by atoms with Gasteiger partial charge < -0.3 is 30.7 Å². The Morgan fingerprint density at radius 2 is 1.12 bits per heavy atom. The average Bonchev–Trinajstić information content (AvgIpc) is 3.17. The monoisotopic (exact) mass is 798 g/mol. The number of carbonyl (C=O) groups excluding carboxylic acids is 2. The van der Waals surface area contributed by atoms with E-state index in [0.29, 0.717) is 46.3 Å². The predicted molar refractivity (Wildman–Crippen MR) is 199 cm³/mol. The lowest BCUT2D eigenvalue weighted by atomic mass is 9.73. The molecular formula is C40H28F6N8O4. The first-order chi connectivity index (χ1) is 27.8. The van der Waals surface area contributed by atoms with Gasteiger partial charge in [-0.15, -0.1) is 0 Å². The van der Waals surface area contributed by atoms with Crippen LogP contribution in [0.25, 0.3) is 0 Å². The predicted octanol–water partition coefficient (Wildman–Crippen LogP) is 9.93. The van der Waals surface area contributed by atoms with E-state index in [1.165, 1.54) is 24.3 Å². The van der Waals surface area contributed by atoms with Crippen molar-refractivity contribution < 1.29 is 45.4 Å². The van der Waals surface area contributed by atoms with Gasteiger partial charge in [0.25, 0.3) is 0 Å². The van der Waals surface area contributed by atoms with Gasteiger partial charge in [0.15, 0.2) is 0 Å². The Hall–Kier alpha value is -7.24. The molecule has 0 saturated heterocycles. The van der Waals surface area contributed by atoms with Crippen molar-refractivity contribution in [2.75, 3.05) is 21.3 Å². The van der Waals surface area contributed by atoms with Crippen molar-refractivity contribution in [1.82, 2.24) is 19.9 Å². The quantitative estimate of drug-likeness (QED) is 0.104. The van der Waals surface area contributed by atoms with Gasteiger partial charge in [-0.1, -0.05) is 36.4 Å². The van der Waals surface area contributed by atoms with Crippen LogP contribution in [0.4, 0.5) is 60.9 Å². The van der Waals surface area contributed by atoms with E-state index in [1.807, 2.05) is 0 Å². The van der Waals surface area contributed by atoms with Crippen LogP contribution >= 0.6 is 0 Å². The molecule has 2 aliphatic heterocycles. The number of carbonyl (C=O) groups is 2. The van der Waals surface area contributed by atoms with Gasteiger partial charge in [-0.3, -0.25) is 9.59 Å². The summed E-state index contributed by atoms with van der Waals surface area (Å²) in [5, 5.41) is 11.3. The number of para-hydroxylation sites is 2. The van der Waals surface area contributed by atoms with Gasteiger partial charge in [0.1, 0.15) is 28.4 Å². The summed E-state index contributed by atoms with van der Waals surface area (Å²) in [5.74, 6) is -3.05. The molecule has 4 heterocycles. The van der Waals surface area contributed by atoms with Crippen LogP contribution in [0.1, 0.15) is 46.9 Å². The smallest absolute Gasteiger partial charge is 0.423 e. The standard InChI is InChI=1S/C40H28F6N8O4/c41-39(42,43)29-19-48-38(58-24-9-5-2-6-10-24)53-35(29)49-21-11-13-31-27(15-21)25(17-33(55)51-31)26-18-34(56)52-32-14-12-22(16-28(26)32)50-37-47-20-30(40(44,45)46)36(54-37)57-23-7-3-1-4-8-23/h1-16,19-20,25-26H,17-18H2,(H,51,55)(H,52,56)(H,47,50,54)(H,48,49,53). The molecular weight excluding hydrogens is 770 g/mol. The second kappa shape index (κ2) is 15.0. The lowest BCUT2D eigenvalue weighted by molar-refractivity contribution is -0.139. The molecule has 4 aromatic carbocycles. The van der Waals surface area contributed by atoms with Gasteiger partial charge in [-0.05, 0) is 71.8 Å². The molecule has 2 atom stereocenters. The first-order valence-corrected chi connectivity index (χ1v) is 17.5. The summed E-state index contributed by atoms with van der Waals surface area (Å²) in [7, 11) is 0. The molecule has 2 unspecified atom stereocenters. The number of nitrogens with zero attached hydrogens (tertiary/aromatic N) is 4. The summed E-state index contributed by atoms with van der Waals surface area (Å²) in [6.45, 7) is 0. The summed E-state index contributed by atoms with van der Waals surface area (Å²) in [6.07, 6.45) is -8.57. The zero-order chi connectivity index (χ0) is 40.6. The van der Waals surface area contributed by atoms with Crippen LogP contribution in [0.5, 0.6) is 23.4 Å². The maximum absolute atomic E-state index is 14.1. The lowest BCUT2D eigenvalue weighted by Crippen LogP contribution is -2.31. The molecule has 18 heteroatoms. The molecule has 2 aromatic heterocycles. The summed E-state index contributed by atoms with van der Waals surface area (Å²) < 4.78 is 95.1. The zero-order valence-corrected chi connectivity index (χ0v) is 29.7. The van der Waals surface area contributed by atoms with E-state index >= 15 is 0 Å². The van der Waals surface area contributed by atoms with Crippen LogP contribution in [0, 0.1) is 0 Å². The molecule has 2 aliphatic rings. The SMILES string of the molecule is O=C1CC(C2CC(=O)Nc3ccc(Nc4nc(Oc5ccccc5)ncc4C(F)(F)F)cc32)c2cc(Nc3ncc(C(F)(F)F)c(Oc4ccccc4)n3)ccc2N1. The highest BCUT2D eigenvalue weighted by Gasteiger charge is 2.39. The lowest BCUT2D eigenvalue weighted by Gasteiger charge is -2.36. The normalized spacial score (nSPS) is 16.3. The summed E-state index contributed by atoms with van der Waals surface area (Å²) in [6, 6.07) is 25.2. The van der Waals surface area contributed by atoms with Crippen molar-refractivity contribution in [2.45, 2.75) is 37.0 Å². The fraction of sp³-hybridized carbons (Fsp3) is 0.150. The van der Waals surface area contributed by atoms with Gasteiger partial charge in [0.2, 0.25) is 23.6 Å². The number of benzene rings is 4. The Morgan fingerprint density at radius 3 is 1.67 bits per heavy atom. The molecule has 12 nitrogen and oxygen atoms in total. The van der Waals surface area contributed by atoms with Crippen molar-refractivity contribution in [3.63, 3.8) is 0 Å². The molecule has 0 bridgehead atoms. The topological polar surface area (TPSA) is 152 Å². The Balaban J connectivity index is 1.11. The first kappa shape index (κ1) is 37.7. The van der Waals surface area contributed by atoms with Gasteiger partial charge in [-0.2, -0.15) is 36.3 Å². The number of halogens is 6. The number of hydrogen-bond donors (Lipinski definition) is 4. The molecule has 0 fully saturated rings. The number of rotatable bonds is 9. The van der Waals surface area contributed by atoms with E-state index in [2.05, 4.69) is 41.2 Å². The van der Waals surface area contributed by atoms with E-state index in [9.17, 15) is 35.9 Å².